The zero-order chi connectivity index (χ0) is 13.9. The van der Waals surface area contributed by atoms with Gasteiger partial charge in [0, 0.05) is 13.1 Å². The molecule has 1 heterocycles. The molecule has 0 spiro atoms. The molecule has 1 aromatic rings. The molecule has 3 aliphatic carbocycles. The fraction of sp³-hybridized carbons (Fsp3) is 0.625. The molecule has 4 aliphatic rings. The summed E-state index contributed by atoms with van der Waals surface area (Å²) in [6, 6.07) is 7.26. The quantitative estimate of drug-likeness (QED) is 0.840. The summed E-state index contributed by atoms with van der Waals surface area (Å²) in [6.07, 6.45) is 3.91. The first-order chi connectivity index (χ1) is 9.55. The van der Waals surface area contributed by atoms with Gasteiger partial charge in [0.15, 0.2) is 0 Å². The lowest BCUT2D eigenvalue weighted by molar-refractivity contribution is -0.0801. The first kappa shape index (κ1) is 12.8. The van der Waals surface area contributed by atoms with E-state index in [0.717, 1.165) is 30.5 Å². The van der Waals surface area contributed by atoms with Gasteiger partial charge in [0.05, 0.1) is 4.90 Å². The number of piperidine rings is 1. The van der Waals surface area contributed by atoms with Gasteiger partial charge in [0.2, 0.25) is 10.0 Å². The van der Waals surface area contributed by atoms with Crippen LogP contribution in [0, 0.1) is 30.6 Å². The lowest BCUT2D eigenvalue weighted by atomic mass is 9.51. The van der Waals surface area contributed by atoms with Crippen LogP contribution in [0.15, 0.2) is 29.2 Å². The summed E-state index contributed by atoms with van der Waals surface area (Å²) < 4.78 is 27.3. The summed E-state index contributed by atoms with van der Waals surface area (Å²) in [5, 5.41) is 0. The van der Waals surface area contributed by atoms with Crippen molar-refractivity contribution in [3.8, 4) is 0 Å². The summed E-state index contributed by atoms with van der Waals surface area (Å²) >= 11 is 0. The second-order valence-corrected chi connectivity index (χ2v) is 8.73. The van der Waals surface area contributed by atoms with Crippen LogP contribution in [0.5, 0.6) is 0 Å². The predicted molar refractivity (Wildman–Crippen MR) is 77.7 cm³/mol. The van der Waals surface area contributed by atoms with E-state index in [4.69, 9.17) is 0 Å². The lowest BCUT2D eigenvalue weighted by Gasteiger charge is -2.59. The van der Waals surface area contributed by atoms with Crippen molar-refractivity contribution in [2.24, 2.45) is 23.7 Å². The number of hydrogen-bond acceptors (Lipinski definition) is 2. The Bertz CT molecular complexity index is 612. The molecule has 0 amide bonds. The number of rotatable bonds is 2. The zero-order valence-corrected chi connectivity index (χ0v) is 12.6. The number of nitrogens with zero attached hydrogens (tertiary/aromatic N) is 1. The maximum absolute atomic E-state index is 12.8. The second-order valence-electron chi connectivity index (χ2n) is 6.80. The van der Waals surface area contributed by atoms with Gasteiger partial charge in [0.1, 0.15) is 0 Å². The van der Waals surface area contributed by atoms with Crippen LogP contribution in [-0.4, -0.2) is 25.8 Å². The number of benzene rings is 1. The zero-order valence-electron chi connectivity index (χ0n) is 11.8. The number of hydrogen-bond donors (Lipinski definition) is 0. The van der Waals surface area contributed by atoms with Crippen LogP contribution in [0.3, 0.4) is 0 Å². The van der Waals surface area contributed by atoms with Crippen molar-refractivity contribution in [3.63, 3.8) is 0 Å². The molecule has 1 aliphatic heterocycles. The van der Waals surface area contributed by atoms with Crippen LogP contribution >= 0.6 is 0 Å². The first-order valence-electron chi connectivity index (χ1n) is 7.62. The van der Waals surface area contributed by atoms with E-state index in [1.54, 1.807) is 16.4 Å². The third-order valence-electron chi connectivity index (χ3n) is 5.76. The van der Waals surface area contributed by atoms with Crippen molar-refractivity contribution in [3.05, 3.63) is 29.8 Å². The lowest BCUT2D eigenvalue weighted by Crippen LogP contribution is -2.59. The van der Waals surface area contributed by atoms with Crippen molar-refractivity contribution in [1.29, 1.82) is 0 Å². The first-order valence-corrected chi connectivity index (χ1v) is 9.06. The van der Waals surface area contributed by atoms with Gasteiger partial charge in [-0.05, 0) is 62.0 Å². The van der Waals surface area contributed by atoms with E-state index in [9.17, 15) is 8.42 Å². The van der Waals surface area contributed by atoms with E-state index in [1.807, 2.05) is 19.1 Å². The molecule has 1 aromatic carbocycles. The summed E-state index contributed by atoms with van der Waals surface area (Å²) in [5.74, 6) is 2.87. The van der Waals surface area contributed by atoms with Crippen LogP contribution in [0.2, 0.25) is 0 Å². The number of sulfonamides is 1. The molecule has 0 aromatic heterocycles. The maximum atomic E-state index is 12.8. The molecule has 4 unspecified atom stereocenters. The van der Waals surface area contributed by atoms with Crippen molar-refractivity contribution < 1.29 is 8.42 Å². The highest BCUT2D eigenvalue weighted by atomic mass is 32.2. The van der Waals surface area contributed by atoms with Crippen molar-refractivity contribution in [2.45, 2.75) is 31.1 Å². The summed E-state index contributed by atoms with van der Waals surface area (Å²) in [6.45, 7) is 3.47. The van der Waals surface area contributed by atoms with Crippen molar-refractivity contribution in [1.82, 2.24) is 4.31 Å². The van der Waals surface area contributed by atoms with Crippen LogP contribution in [0.25, 0.3) is 0 Å². The monoisotopic (exact) mass is 291 g/mol. The minimum Gasteiger partial charge on any atom is -0.207 e. The van der Waals surface area contributed by atoms with Gasteiger partial charge in [-0.2, -0.15) is 4.31 Å². The Balaban J connectivity index is 1.62. The fourth-order valence-corrected chi connectivity index (χ4v) is 6.04. The number of fused-ring (bicyclic) bond motifs is 1. The molecular weight excluding hydrogens is 270 g/mol. The molecule has 5 rings (SSSR count). The van der Waals surface area contributed by atoms with E-state index in [0.29, 0.717) is 16.7 Å². The summed E-state index contributed by atoms with van der Waals surface area (Å²) in [7, 11) is -3.29. The molecule has 4 fully saturated rings. The van der Waals surface area contributed by atoms with Crippen LogP contribution in [0.1, 0.15) is 24.8 Å². The van der Waals surface area contributed by atoms with Gasteiger partial charge in [-0.25, -0.2) is 8.42 Å². The van der Waals surface area contributed by atoms with E-state index < -0.39 is 10.0 Å². The van der Waals surface area contributed by atoms with E-state index in [2.05, 4.69) is 0 Å². The van der Waals surface area contributed by atoms with Crippen molar-refractivity contribution in [2.75, 3.05) is 13.1 Å². The molecule has 4 bridgehead atoms. The molecule has 108 valence electrons. The number of aryl methyl sites for hydroxylation is 1. The average Bonchev–Trinajstić information content (AvgIpc) is 2.42. The molecule has 0 N–H and O–H groups in total. The van der Waals surface area contributed by atoms with E-state index in [1.165, 1.54) is 19.3 Å². The molecule has 3 nitrogen and oxygen atoms in total. The van der Waals surface area contributed by atoms with Crippen LogP contribution in [-0.2, 0) is 10.0 Å². The van der Waals surface area contributed by atoms with Gasteiger partial charge in [-0.15, -0.1) is 0 Å². The molecule has 20 heavy (non-hydrogen) atoms. The minimum absolute atomic E-state index is 0.455. The Morgan fingerprint density at radius 3 is 2.35 bits per heavy atom. The Hall–Kier alpha value is -0.870. The topological polar surface area (TPSA) is 37.4 Å². The molecular formula is C16H21NO2S. The Morgan fingerprint density at radius 1 is 1.00 bits per heavy atom. The largest absolute Gasteiger partial charge is 0.243 e. The summed E-state index contributed by atoms with van der Waals surface area (Å²) in [5.41, 5.74) is 1.10. The Kier molecular flexibility index (Phi) is 2.77. The highest BCUT2D eigenvalue weighted by molar-refractivity contribution is 7.89. The molecule has 0 radical (unpaired) electrons. The van der Waals surface area contributed by atoms with Crippen LogP contribution in [0.4, 0.5) is 0 Å². The Morgan fingerprint density at radius 2 is 1.70 bits per heavy atom. The van der Waals surface area contributed by atoms with Crippen molar-refractivity contribution >= 4 is 10.0 Å². The standard InChI is InChI=1S/C16H21NO2S/c1-11-2-6-14(7-3-11)20(18,19)17-9-13-5-4-12-8-15(13)16(12)10-17/h2-3,6-7,12-13,15-16H,4-5,8-10H2,1H3. The van der Waals surface area contributed by atoms with E-state index >= 15 is 0 Å². The van der Waals surface area contributed by atoms with Gasteiger partial charge in [0.25, 0.3) is 0 Å². The molecule has 4 atom stereocenters. The maximum Gasteiger partial charge on any atom is 0.243 e. The molecule has 3 saturated carbocycles. The predicted octanol–water partition coefficient (Wildman–Crippen LogP) is 2.66. The highest BCUT2D eigenvalue weighted by Crippen LogP contribution is 2.56. The van der Waals surface area contributed by atoms with Gasteiger partial charge in [-0.1, -0.05) is 17.7 Å². The van der Waals surface area contributed by atoms with Crippen LogP contribution < -0.4 is 0 Å². The second kappa shape index (κ2) is 4.31. The smallest absolute Gasteiger partial charge is 0.207 e. The highest BCUT2D eigenvalue weighted by Gasteiger charge is 2.53. The third kappa shape index (κ3) is 1.77. The Labute approximate surface area is 121 Å². The van der Waals surface area contributed by atoms with Gasteiger partial charge >= 0.3 is 0 Å². The molecule has 4 heteroatoms. The summed E-state index contributed by atoms with van der Waals surface area (Å²) in [4.78, 5) is 0.455. The third-order valence-corrected chi connectivity index (χ3v) is 7.60. The average molecular weight is 291 g/mol. The molecule has 1 saturated heterocycles. The van der Waals surface area contributed by atoms with E-state index in [-0.39, 0.29) is 0 Å². The van der Waals surface area contributed by atoms with Gasteiger partial charge in [-0.3, -0.25) is 0 Å². The fourth-order valence-electron chi connectivity index (χ4n) is 4.51. The normalized spacial score (nSPS) is 36.5. The SMILES string of the molecule is Cc1ccc(S(=O)(=O)N2CC3CCC4CC3C4C2)cc1. The van der Waals surface area contributed by atoms with Gasteiger partial charge < -0.3 is 0 Å². The minimum atomic E-state index is -3.29.